The first-order valence-electron chi connectivity index (χ1n) is 23.3. The minimum absolute atomic E-state index is 0. The zero-order valence-electron chi connectivity index (χ0n) is 39.0. The molecule has 0 aliphatic carbocycles. The topological polar surface area (TPSA) is 53.6 Å². The molecule has 11 aromatic rings. The Balaban J connectivity index is 0.00000480. The third-order valence-corrected chi connectivity index (χ3v) is 15.2. The van der Waals surface area contributed by atoms with E-state index in [1.54, 1.807) is 0 Å². The van der Waals surface area contributed by atoms with Crippen LogP contribution in [0.5, 0.6) is 23.0 Å². The number of imidazole rings is 1. The molecule has 0 N–H and O–H groups in total. The summed E-state index contributed by atoms with van der Waals surface area (Å²) in [6, 6.07) is 61.2. The standard InChI is InChI=1S/C60H47BN4O2.Pt/c1-58(2,3)37-30-31-62-53(32-37)64-49-29-24-38(61-47-20-11-13-22-51(47)67-52-23-14-12-21-48(52)61)33-44(49)42-28-26-40(35-50(42)64)66-39-25-27-41-43-18-15-19-46-55(43)65-56(60(6,7)59(46,4)5)54(36-16-9-8-10-17-36)63-57(65)45(41)34-39;/h8-33H,1-7H3;/q-2;+2. The van der Waals surface area contributed by atoms with E-state index in [4.69, 9.17) is 19.4 Å². The molecular formula is C60H47BN4O2Pt. The fourth-order valence-corrected chi connectivity index (χ4v) is 11.1. The van der Waals surface area contributed by atoms with Crippen molar-refractivity contribution in [3.05, 3.63) is 187 Å². The van der Waals surface area contributed by atoms with Crippen LogP contribution in [0.3, 0.4) is 0 Å². The molecule has 0 saturated carbocycles. The summed E-state index contributed by atoms with van der Waals surface area (Å²) < 4.78 is 17.9. The normalized spacial score (nSPS) is 14.6. The van der Waals surface area contributed by atoms with Crippen molar-refractivity contribution in [2.45, 2.75) is 64.7 Å². The zero-order chi connectivity index (χ0) is 45.6. The van der Waals surface area contributed by atoms with Crippen LogP contribution in [0, 0.1) is 12.1 Å². The molecule has 6 nitrogen and oxygen atoms in total. The molecule has 4 aromatic heterocycles. The van der Waals surface area contributed by atoms with Gasteiger partial charge in [0.1, 0.15) is 17.3 Å². The van der Waals surface area contributed by atoms with E-state index in [9.17, 15) is 0 Å². The van der Waals surface area contributed by atoms with Crippen LogP contribution in [0.15, 0.2) is 158 Å². The minimum Gasteiger partial charge on any atom is -0.503 e. The van der Waals surface area contributed by atoms with Crippen molar-refractivity contribution in [3.63, 3.8) is 0 Å². The number of aromatic nitrogens is 4. The summed E-state index contributed by atoms with van der Waals surface area (Å²) in [5, 5.41) is 5.37. The molecule has 7 aromatic carbocycles. The molecule has 0 bridgehead atoms. The van der Waals surface area contributed by atoms with Gasteiger partial charge in [0.25, 0.3) is 6.71 Å². The molecule has 68 heavy (non-hydrogen) atoms. The van der Waals surface area contributed by atoms with Crippen LogP contribution < -0.4 is 25.9 Å². The van der Waals surface area contributed by atoms with Gasteiger partial charge < -0.3 is 18.4 Å². The van der Waals surface area contributed by atoms with Crippen LogP contribution in [0.2, 0.25) is 0 Å². The van der Waals surface area contributed by atoms with Gasteiger partial charge in [0, 0.05) is 50.8 Å². The SMILES string of the molecule is CC(C)(C)c1ccnc(-n2c3[c-]c(Oc4[c-]c5c(cc4)c4cccc6c4n4c(c(-c7ccccc7)nc54)C(C)(C)C6(C)C)ccc3c3cc(B4c5ccccc5Oc5ccccc54)ccc32)c1.[Pt+2]. The van der Waals surface area contributed by atoms with E-state index in [-0.39, 0.29) is 44.0 Å². The summed E-state index contributed by atoms with van der Waals surface area (Å²) in [6.07, 6.45) is 1.92. The summed E-state index contributed by atoms with van der Waals surface area (Å²) in [6.45, 7) is 16.2. The Morgan fingerprint density at radius 2 is 1.34 bits per heavy atom. The van der Waals surface area contributed by atoms with Crippen molar-refractivity contribution in [2.24, 2.45) is 0 Å². The number of ether oxygens (including phenoxy) is 2. The van der Waals surface area contributed by atoms with Crippen molar-refractivity contribution < 1.29 is 30.5 Å². The van der Waals surface area contributed by atoms with Crippen LogP contribution in [-0.4, -0.2) is 25.6 Å². The van der Waals surface area contributed by atoms with E-state index in [1.807, 2.05) is 30.5 Å². The maximum atomic E-state index is 6.86. The molecule has 13 rings (SSSR count). The van der Waals surface area contributed by atoms with Crippen LogP contribution >= 0.6 is 0 Å². The van der Waals surface area contributed by atoms with Crippen LogP contribution in [0.4, 0.5) is 0 Å². The smallest absolute Gasteiger partial charge is 0.503 e. The third-order valence-electron chi connectivity index (χ3n) is 15.2. The Labute approximate surface area is 410 Å². The van der Waals surface area contributed by atoms with Crippen LogP contribution in [0.1, 0.15) is 65.3 Å². The molecule has 0 fully saturated rings. The molecular weight excluding hydrogens is 1010 g/mol. The molecule has 0 unspecified atom stereocenters. The summed E-state index contributed by atoms with van der Waals surface area (Å²) in [5.41, 5.74) is 12.9. The number of rotatable bonds is 5. The Morgan fingerprint density at radius 3 is 2.07 bits per heavy atom. The average Bonchev–Trinajstić information content (AvgIpc) is 3.90. The van der Waals surface area contributed by atoms with Gasteiger partial charge in [0.2, 0.25) is 0 Å². The van der Waals surface area contributed by atoms with E-state index < -0.39 is 0 Å². The van der Waals surface area contributed by atoms with Crippen molar-refractivity contribution in [1.29, 1.82) is 0 Å². The molecule has 0 saturated heterocycles. The number of para-hydroxylation sites is 3. The van der Waals surface area contributed by atoms with Gasteiger partial charge in [0.05, 0.1) is 11.3 Å². The molecule has 2 aliphatic heterocycles. The van der Waals surface area contributed by atoms with Gasteiger partial charge in [-0.2, -0.15) is 6.07 Å². The molecule has 0 radical (unpaired) electrons. The van der Waals surface area contributed by atoms with E-state index in [0.717, 1.165) is 77.7 Å². The predicted octanol–water partition coefficient (Wildman–Crippen LogP) is 12.7. The summed E-state index contributed by atoms with van der Waals surface area (Å²) in [5.74, 6) is 3.79. The first kappa shape index (κ1) is 42.4. The van der Waals surface area contributed by atoms with Crippen molar-refractivity contribution in [2.75, 3.05) is 0 Å². The molecule has 332 valence electrons. The predicted molar refractivity (Wildman–Crippen MR) is 274 cm³/mol. The van der Waals surface area contributed by atoms with Gasteiger partial charge in [-0.1, -0.05) is 173 Å². The first-order valence-corrected chi connectivity index (χ1v) is 23.3. The van der Waals surface area contributed by atoms with Gasteiger partial charge >= 0.3 is 21.1 Å². The Morgan fingerprint density at radius 1 is 0.647 bits per heavy atom. The average molecular weight is 1060 g/mol. The van der Waals surface area contributed by atoms with Gasteiger partial charge in [-0.3, -0.25) is 4.98 Å². The molecule has 6 heterocycles. The largest absolute Gasteiger partial charge is 2.00 e. The van der Waals surface area contributed by atoms with E-state index in [1.165, 1.54) is 33.2 Å². The summed E-state index contributed by atoms with van der Waals surface area (Å²) >= 11 is 0. The van der Waals surface area contributed by atoms with Crippen molar-refractivity contribution in [1.82, 2.24) is 18.9 Å². The molecule has 0 spiro atoms. The third kappa shape index (κ3) is 6.07. The minimum atomic E-state index is -0.245. The number of fused-ring (bicyclic) bond motifs is 8. The molecule has 8 heteroatoms. The second kappa shape index (κ2) is 15.0. The number of nitrogens with zero attached hydrogens (tertiary/aromatic N) is 4. The molecule has 0 amide bonds. The summed E-state index contributed by atoms with van der Waals surface area (Å²) in [7, 11) is 0. The zero-order valence-corrected chi connectivity index (χ0v) is 41.3. The number of hydrogen-bond donors (Lipinski definition) is 0. The first-order chi connectivity index (χ1) is 32.4. The van der Waals surface area contributed by atoms with E-state index in [2.05, 4.69) is 197 Å². The summed E-state index contributed by atoms with van der Waals surface area (Å²) in [4.78, 5) is 10.5. The Kier molecular flexibility index (Phi) is 9.37. The van der Waals surface area contributed by atoms with Crippen molar-refractivity contribution >= 4 is 72.2 Å². The van der Waals surface area contributed by atoms with Gasteiger partial charge in [-0.05, 0) is 68.6 Å². The fraction of sp³-hybridized carbons (Fsp3) is 0.167. The van der Waals surface area contributed by atoms with E-state index >= 15 is 0 Å². The monoisotopic (exact) mass is 1060 g/mol. The Bertz CT molecular complexity index is 3840. The fourth-order valence-electron chi connectivity index (χ4n) is 11.1. The van der Waals surface area contributed by atoms with Gasteiger partial charge in [-0.25, -0.2) is 4.98 Å². The second-order valence-corrected chi connectivity index (χ2v) is 20.5. The number of benzene rings is 7. The van der Waals surface area contributed by atoms with Gasteiger partial charge in [0.15, 0.2) is 0 Å². The van der Waals surface area contributed by atoms with Crippen molar-refractivity contribution in [3.8, 4) is 40.1 Å². The quantitative estimate of drug-likeness (QED) is 0.0979. The maximum absolute atomic E-state index is 6.86. The molecule has 0 atom stereocenters. The number of hydrogen-bond acceptors (Lipinski definition) is 4. The van der Waals surface area contributed by atoms with Crippen LogP contribution in [0.25, 0.3) is 66.2 Å². The second-order valence-electron chi connectivity index (χ2n) is 20.5. The van der Waals surface area contributed by atoms with Crippen LogP contribution in [-0.2, 0) is 37.3 Å². The maximum Gasteiger partial charge on any atom is 2.00 e. The molecule has 2 aliphatic rings. The van der Waals surface area contributed by atoms with Gasteiger partial charge in [-0.15, -0.1) is 29.7 Å². The van der Waals surface area contributed by atoms with E-state index in [0.29, 0.717) is 11.5 Å². The number of pyridine rings is 2. The Hall–Kier alpha value is -6.95.